The lowest BCUT2D eigenvalue weighted by Crippen LogP contribution is -2.27. The number of hydrogen-bond acceptors (Lipinski definition) is 4. The van der Waals surface area contributed by atoms with Crippen LogP contribution in [0.25, 0.3) is 0 Å². The predicted octanol–water partition coefficient (Wildman–Crippen LogP) is 1.25. The van der Waals surface area contributed by atoms with Crippen LogP contribution in [0.3, 0.4) is 0 Å². The summed E-state index contributed by atoms with van der Waals surface area (Å²) in [4.78, 5) is 18.7. The Morgan fingerprint density at radius 2 is 1.95 bits per heavy atom. The van der Waals surface area contributed by atoms with Crippen molar-refractivity contribution in [2.75, 3.05) is 18.0 Å². The van der Waals surface area contributed by atoms with Gasteiger partial charge in [-0.3, -0.25) is 4.79 Å². The lowest BCUT2D eigenvalue weighted by Gasteiger charge is -2.16. The van der Waals surface area contributed by atoms with Crippen LogP contribution < -0.4 is 14.9 Å². The lowest BCUT2D eigenvalue weighted by atomic mass is 10.2. The smallest absolute Gasteiger partial charge is 0.252 e. The Labute approximate surface area is 129 Å². The molecule has 0 unspecified atom stereocenters. The van der Waals surface area contributed by atoms with Crippen LogP contribution in [-0.4, -0.2) is 24.0 Å². The van der Waals surface area contributed by atoms with Crippen molar-refractivity contribution in [3.63, 3.8) is 0 Å². The minimum absolute atomic E-state index is 0.204. The Bertz CT molecular complexity index is 634. The van der Waals surface area contributed by atoms with E-state index in [1.54, 1.807) is 6.20 Å². The van der Waals surface area contributed by atoms with Crippen LogP contribution in [0, 0.1) is 5.21 Å². The van der Waals surface area contributed by atoms with Gasteiger partial charge in [0.2, 0.25) is 0 Å². The van der Waals surface area contributed by atoms with E-state index in [1.807, 2.05) is 12.1 Å². The molecule has 0 saturated carbocycles. The molecule has 0 bridgehead atoms. The molecule has 2 aromatic rings. The maximum Gasteiger partial charge on any atom is 0.252 e. The summed E-state index contributed by atoms with van der Waals surface area (Å²) in [7, 11) is 0. The third-order valence-electron chi connectivity index (χ3n) is 3.76. The van der Waals surface area contributed by atoms with E-state index < -0.39 is 0 Å². The Hall–Kier alpha value is -2.63. The van der Waals surface area contributed by atoms with Gasteiger partial charge >= 0.3 is 0 Å². The van der Waals surface area contributed by atoms with Gasteiger partial charge in [-0.05, 0) is 24.5 Å². The van der Waals surface area contributed by atoms with Gasteiger partial charge in [0.15, 0.2) is 12.4 Å². The molecule has 0 spiro atoms. The molecule has 0 aliphatic carbocycles. The van der Waals surface area contributed by atoms with Gasteiger partial charge in [0, 0.05) is 38.0 Å². The van der Waals surface area contributed by atoms with Crippen LogP contribution >= 0.6 is 0 Å². The molecule has 114 valence electrons. The molecular formula is C16H18N4O2. The van der Waals surface area contributed by atoms with E-state index >= 15 is 0 Å². The third-order valence-corrected chi connectivity index (χ3v) is 3.76. The molecule has 3 rings (SSSR count). The van der Waals surface area contributed by atoms with E-state index in [2.05, 4.69) is 15.2 Å². The summed E-state index contributed by atoms with van der Waals surface area (Å²) in [5.41, 5.74) is 1.42. The second-order valence-electron chi connectivity index (χ2n) is 5.35. The quantitative estimate of drug-likeness (QED) is 0.681. The molecule has 1 aliphatic heterocycles. The highest BCUT2D eigenvalue weighted by molar-refractivity contribution is 5.93. The zero-order chi connectivity index (χ0) is 15.4. The van der Waals surface area contributed by atoms with Gasteiger partial charge in [0.25, 0.3) is 5.91 Å². The molecule has 0 atom stereocenters. The number of nitrogens with zero attached hydrogens (tertiary/aromatic N) is 3. The van der Waals surface area contributed by atoms with E-state index in [4.69, 9.17) is 0 Å². The topological polar surface area (TPSA) is 72.2 Å². The molecule has 6 heteroatoms. The molecule has 1 N–H and O–H groups in total. The molecule has 0 aromatic carbocycles. The van der Waals surface area contributed by atoms with E-state index in [-0.39, 0.29) is 5.91 Å². The Balaban J connectivity index is 1.56. The predicted molar refractivity (Wildman–Crippen MR) is 82.3 cm³/mol. The van der Waals surface area contributed by atoms with Crippen LogP contribution in [0.4, 0.5) is 5.82 Å². The summed E-state index contributed by atoms with van der Waals surface area (Å²) in [6.45, 7) is 2.55. The van der Waals surface area contributed by atoms with Crippen LogP contribution in [0.5, 0.6) is 0 Å². The summed E-state index contributed by atoms with van der Waals surface area (Å²) in [5, 5.41) is 13.8. The first-order chi connectivity index (χ1) is 10.7. The fraction of sp³-hybridized carbons (Fsp3) is 0.312. The van der Waals surface area contributed by atoms with Gasteiger partial charge < -0.3 is 15.4 Å². The number of amides is 1. The molecule has 1 amide bonds. The minimum atomic E-state index is -0.204. The first-order valence-corrected chi connectivity index (χ1v) is 7.39. The zero-order valence-corrected chi connectivity index (χ0v) is 12.2. The molecule has 2 aromatic heterocycles. The largest absolute Gasteiger partial charge is 0.619 e. The van der Waals surface area contributed by atoms with Crippen LogP contribution in [0.15, 0.2) is 42.9 Å². The Morgan fingerprint density at radius 1 is 1.23 bits per heavy atom. The number of nitrogens with one attached hydrogen (secondary N) is 1. The fourth-order valence-corrected chi connectivity index (χ4v) is 2.50. The van der Waals surface area contributed by atoms with E-state index in [1.165, 1.54) is 37.4 Å². The monoisotopic (exact) mass is 298 g/mol. The van der Waals surface area contributed by atoms with Gasteiger partial charge in [0.05, 0.1) is 5.56 Å². The van der Waals surface area contributed by atoms with Crippen molar-refractivity contribution in [3.05, 3.63) is 59.2 Å². The molecular weight excluding hydrogens is 280 g/mol. The van der Waals surface area contributed by atoms with Crippen LogP contribution in [0.2, 0.25) is 0 Å². The number of hydrogen-bond donors (Lipinski definition) is 1. The SMILES string of the molecule is O=C(NCc1ccc(N2CCCC2)nc1)c1cc[n+]([O-])cc1. The molecule has 22 heavy (non-hydrogen) atoms. The van der Waals surface area contributed by atoms with E-state index in [0.717, 1.165) is 24.5 Å². The average molecular weight is 298 g/mol. The second kappa shape index (κ2) is 6.43. The van der Waals surface area contributed by atoms with Crippen molar-refractivity contribution in [2.24, 2.45) is 0 Å². The van der Waals surface area contributed by atoms with E-state index in [9.17, 15) is 10.0 Å². The number of rotatable bonds is 4. The van der Waals surface area contributed by atoms with Crippen molar-refractivity contribution in [2.45, 2.75) is 19.4 Å². The fourth-order valence-electron chi connectivity index (χ4n) is 2.50. The summed E-state index contributed by atoms with van der Waals surface area (Å²) < 4.78 is 0.651. The molecule has 1 fully saturated rings. The minimum Gasteiger partial charge on any atom is -0.619 e. The number of carbonyl (C=O) groups is 1. The Kier molecular flexibility index (Phi) is 4.18. The highest BCUT2D eigenvalue weighted by Crippen LogP contribution is 2.17. The average Bonchev–Trinajstić information content (AvgIpc) is 3.08. The number of pyridine rings is 2. The van der Waals surface area contributed by atoms with Crippen molar-refractivity contribution in [3.8, 4) is 0 Å². The first-order valence-electron chi connectivity index (χ1n) is 7.39. The van der Waals surface area contributed by atoms with Gasteiger partial charge in [-0.15, -0.1) is 0 Å². The lowest BCUT2D eigenvalue weighted by molar-refractivity contribution is -0.605. The van der Waals surface area contributed by atoms with Crippen molar-refractivity contribution in [1.82, 2.24) is 10.3 Å². The second-order valence-corrected chi connectivity index (χ2v) is 5.35. The molecule has 0 radical (unpaired) electrons. The zero-order valence-electron chi connectivity index (χ0n) is 12.2. The van der Waals surface area contributed by atoms with Gasteiger partial charge in [-0.2, -0.15) is 4.73 Å². The van der Waals surface area contributed by atoms with Gasteiger partial charge in [-0.25, -0.2) is 4.98 Å². The standard InChI is InChI=1S/C16H18N4O2/c21-16(14-5-9-20(22)10-6-14)18-12-13-3-4-15(17-11-13)19-7-1-2-8-19/h3-6,9-11H,1-2,7-8,12H2,(H,18,21). The maximum atomic E-state index is 12.0. The van der Waals surface area contributed by atoms with Crippen LogP contribution in [0.1, 0.15) is 28.8 Å². The van der Waals surface area contributed by atoms with Gasteiger partial charge in [-0.1, -0.05) is 6.07 Å². The number of carbonyl (C=O) groups excluding carboxylic acids is 1. The van der Waals surface area contributed by atoms with Crippen molar-refractivity contribution in [1.29, 1.82) is 0 Å². The Morgan fingerprint density at radius 3 is 2.59 bits per heavy atom. The first kappa shape index (κ1) is 14.3. The van der Waals surface area contributed by atoms with Crippen molar-refractivity contribution < 1.29 is 9.52 Å². The summed E-state index contributed by atoms with van der Waals surface area (Å²) >= 11 is 0. The maximum absolute atomic E-state index is 12.0. The highest BCUT2D eigenvalue weighted by atomic mass is 16.5. The highest BCUT2D eigenvalue weighted by Gasteiger charge is 2.13. The van der Waals surface area contributed by atoms with Crippen molar-refractivity contribution >= 4 is 11.7 Å². The molecule has 3 heterocycles. The van der Waals surface area contributed by atoms with Crippen LogP contribution in [-0.2, 0) is 6.54 Å². The van der Waals surface area contributed by atoms with Gasteiger partial charge in [0.1, 0.15) is 5.82 Å². The summed E-state index contributed by atoms with van der Waals surface area (Å²) in [5.74, 6) is 0.792. The number of aromatic nitrogens is 2. The summed E-state index contributed by atoms with van der Waals surface area (Å²) in [6.07, 6.45) is 6.85. The molecule has 1 saturated heterocycles. The molecule has 6 nitrogen and oxygen atoms in total. The van der Waals surface area contributed by atoms with E-state index in [0.29, 0.717) is 16.8 Å². The number of anilines is 1. The normalized spacial score (nSPS) is 14.1. The third kappa shape index (κ3) is 3.33. The molecule has 1 aliphatic rings. The summed E-state index contributed by atoms with van der Waals surface area (Å²) in [6, 6.07) is 6.97.